The number of fused-ring (bicyclic) bond motifs is 2. The van der Waals surface area contributed by atoms with Gasteiger partial charge in [0.05, 0.1) is 0 Å². The number of anilines is 1. The monoisotopic (exact) mass is 359 g/mol. The van der Waals surface area contributed by atoms with Crippen LogP contribution in [-0.4, -0.2) is 29.3 Å². The van der Waals surface area contributed by atoms with Crippen LogP contribution in [0.2, 0.25) is 0 Å². The van der Waals surface area contributed by atoms with E-state index in [-0.39, 0.29) is 11.6 Å². The fourth-order valence-corrected chi connectivity index (χ4v) is 3.31. The molecule has 2 aromatic carbocycles. The van der Waals surface area contributed by atoms with Crippen molar-refractivity contribution in [1.82, 2.24) is 0 Å². The van der Waals surface area contributed by atoms with Crippen LogP contribution in [0.3, 0.4) is 0 Å². The van der Waals surface area contributed by atoms with E-state index in [2.05, 4.69) is 5.32 Å². The summed E-state index contributed by atoms with van der Waals surface area (Å²) in [5.41, 5.74) is 2.41. The van der Waals surface area contributed by atoms with E-state index < -0.39 is 6.10 Å². The smallest absolute Gasteiger partial charge is 0.194 e. The molecule has 1 aromatic heterocycles. The molecule has 0 saturated carbocycles. The Labute approximate surface area is 156 Å². The Kier molecular flexibility index (Phi) is 4.52. The fourth-order valence-electron chi connectivity index (χ4n) is 3.31. The predicted molar refractivity (Wildman–Crippen MR) is 101 cm³/mol. The lowest BCUT2D eigenvalue weighted by molar-refractivity contribution is -0.703. The van der Waals surface area contributed by atoms with Gasteiger partial charge in [-0.2, -0.15) is 0 Å². The van der Waals surface area contributed by atoms with Crippen molar-refractivity contribution >= 4 is 17.3 Å². The highest BCUT2D eigenvalue weighted by Crippen LogP contribution is 2.29. The summed E-state index contributed by atoms with van der Waals surface area (Å²) in [6.07, 6.45) is 3.19. The van der Waals surface area contributed by atoms with Crippen molar-refractivity contribution in [1.29, 1.82) is 0 Å². The van der Waals surface area contributed by atoms with Crippen LogP contribution in [0.1, 0.15) is 31.8 Å². The molecule has 0 fully saturated rings. The number of aliphatic hydroxyl groups excluding tert-OH is 1. The van der Waals surface area contributed by atoms with Gasteiger partial charge in [0.2, 0.25) is 0 Å². The highest BCUT2D eigenvalue weighted by Gasteiger charge is 2.29. The number of aromatic nitrogens is 1. The molecular formula is C22H19N2O3+. The Bertz CT molecular complexity index is 1020. The van der Waals surface area contributed by atoms with Gasteiger partial charge in [0.15, 0.2) is 30.5 Å². The van der Waals surface area contributed by atoms with Gasteiger partial charge in [-0.3, -0.25) is 9.59 Å². The van der Waals surface area contributed by atoms with E-state index in [9.17, 15) is 14.7 Å². The summed E-state index contributed by atoms with van der Waals surface area (Å²) >= 11 is 0. The van der Waals surface area contributed by atoms with Crippen molar-refractivity contribution < 1.29 is 19.3 Å². The van der Waals surface area contributed by atoms with Crippen LogP contribution in [0.5, 0.6) is 0 Å². The number of hydrogen-bond acceptors (Lipinski definition) is 4. The van der Waals surface area contributed by atoms with Crippen molar-refractivity contribution in [2.45, 2.75) is 12.6 Å². The van der Waals surface area contributed by atoms with Gasteiger partial charge in [-0.1, -0.05) is 30.3 Å². The van der Waals surface area contributed by atoms with E-state index in [1.165, 1.54) is 0 Å². The first-order chi connectivity index (χ1) is 13.1. The summed E-state index contributed by atoms with van der Waals surface area (Å²) in [6, 6.07) is 17.7. The minimum atomic E-state index is -0.591. The zero-order valence-electron chi connectivity index (χ0n) is 14.6. The number of benzene rings is 2. The van der Waals surface area contributed by atoms with Gasteiger partial charge in [0, 0.05) is 46.6 Å². The molecule has 1 heterocycles. The van der Waals surface area contributed by atoms with Crippen molar-refractivity contribution in [3.63, 3.8) is 0 Å². The quantitative estimate of drug-likeness (QED) is 0.536. The number of pyridine rings is 1. The third-order valence-electron chi connectivity index (χ3n) is 4.67. The molecule has 0 amide bonds. The SMILES string of the molecule is O=C1c2ccccc2C(=O)c2cc(NCC(O)C[n+]3ccccc3)ccc21. The Morgan fingerprint density at radius 1 is 0.815 bits per heavy atom. The number of nitrogens with one attached hydrogen (secondary N) is 1. The second kappa shape index (κ2) is 7.13. The third kappa shape index (κ3) is 3.37. The van der Waals surface area contributed by atoms with Gasteiger partial charge in [-0.25, -0.2) is 4.57 Å². The third-order valence-corrected chi connectivity index (χ3v) is 4.67. The summed E-state index contributed by atoms with van der Waals surface area (Å²) in [4.78, 5) is 25.4. The van der Waals surface area contributed by atoms with Crippen LogP contribution in [0.4, 0.5) is 5.69 Å². The number of aliphatic hydroxyl groups is 1. The molecule has 0 bridgehead atoms. The minimum Gasteiger partial charge on any atom is -0.385 e. The zero-order valence-corrected chi connectivity index (χ0v) is 14.6. The molecule has 0 radical (unpaired) electrons. The molecule has 134 valence electrons. The first-order valence-electron chi connectivity index (χ1n) is 8.82. The number of carbonyl (C=O) groups is 2. The molecule has 0 aliphatic heterocycles. The van der Waals surface area contributed by atoms with E-state index in [1.807, 2.05) is 35.2 Å². The Morgan fingerprint density at radius 3 is 2.15 bits per heavy atom. The van der Waals surface area contributed by atoms with E-state index in [0.29, 0.717) is 41.0 Å². The number of carbonyl (C=O) groups excluding carboxylic acids is 2. The van der Waals surface area contributed by atoms with Crippen molar-refractivity contribution in [3.8, 4) is 0 Å². The number of hydrogen-bond donors (Lipinski definition) is 2. The minimum absolute atomic E-state index is 0.132. The van der Waals surface area contributed by atoms with Crippen LogP contribution >= 0.6 is 0 Å². The molecule has 1 aliphatic rings. The Balaban J connectivity index is 1.50. The maximum atomic E-state index is 12.8. The first kappa shape index (κ1) is 17.1. The molecule has 1 atom stereocenters. The Hall–Kier alpha value is -3.31. The molecule has 1 unspecified atom stereocenters. The molecule has 0 spiro atoms. The largest absolute Gasteiger partial charge is 0.385 e. The van der Waals surface area contributed by atoms with Crippen LogP contribution in [0.15, 0.2) is 73.1 Å². The first-order valence-corrected chi connectivity index (χ1v) is 8.82. The number of nitrogens with zero attached hydrogens (tertiary/aromatic N) is 1. The molecule has 5 nitrogen and oxygen atoms in total. The average molecular weight is 359 g/mol. The van der Waals surface area contributed by atoms with Crippen molar-refractivity contribution in [3.05, 3.63) is 95.3 Å². The van der Waals surface area contributed by atoms with Crippen molar-refractivity contribution in [2.75, 3.05) is 11.9 Å². The van der Waals surface area contributed by atoms with Crippen LogP contribution in [-0.2, 0) is 6.54 Å². The maximum Gasteiger partial charge on any atom is 0.194 e. The van der Waals surface area contributed by atoms with E-state index >= 15 is 0 Å². The van der Waals surface area contributed by atoms with E-state index in [1.54, 1.807) is 42.5 Å². The van der Waals surface area contributed by atoms with Gasteiger partial charge in [0.1, 0.15) is 6.10 Å². The molecule has 2 N–H and O–H groups in total. The standard InChI is InChI=1S/C22H18N2O3/c25-16(14-24-10-4-1-5-11-24)13-23-15-8-9-19-20(12-15)22(27)18-7-3-2-6-17(18)21(19)26/h1-12,16,25H,13-14H2/p+1. The summed E-state index contributed by atoms with van der Waals surface area (Å²) in [6.45, 7) is 0.795. The van der Waals surface area contributed by atoms with Gasteiger partial charge in [-0.05, 0) is 18.2 Å². The summed E-state index contributed by atoms with van der Waals surface area (Å²) in [5, 5.41) is 13.4. The zero-order chi connectivity index (χ0) is 18.8. The van der Waals surface area contributed by atoms with E-state index in [0.717, 1.165) is 0 Å². The van der Waals surface area contributed by atoms with Gasteiger partial charge < -0.3 is 10.4 Å². The molecule has 0 saturated heterocycles. The van der Waals surface area contributed by atoms with E-state index in [4.69, 9.17) is 0 Å². The second-order valence-electron chi connectivity index (χ2n) is 6.57. The lowest BCUT2D eigenvalue weighted by Crippen LogP contribution is -2.41. The topological polar surface area (TPSA) is 70.3 Å². The van der Waals surface area contributed by atoms with Gasteiger partial charge in [0.25, 0.3) is 0 Å². The van der Waals surface area contributed by atoms with Gasteiger partial charge >= 0.3 is 0 Å². The second-order valence-corrected chi connectivity index (χ2v) is 6.57. The highest BCUT2D eigenvalue weighted by atomic mass is 16.3. The van der Waals surface area contributed by atoms with Gasteiger partial charge in [-0.15, -0.1) is 0 Å². The Morgan fingerprint density at radius 2 is 1.44 bits per heavy atom. The van der Waals surface area contributed by atoms with Crippen LogP contribution in [0, 0.1) is 0 Å². The predicted octanol–water partition coefficient (Wildman–Crippen LogP) is 2.22. The molecule has 4 rings (SSSR count). The lowest BCUT2D eigenvalue weighted by Gasteiger charge is -2.18. The fraction of sp³-hybridized carbons (Fsp3) is 0.136. The number of rotatable bonds is 5. The molecule has 5 heteroatoms. The summed E-state index contributed by atoms with van der Waals surface area (Å²) in [5.74, 6) is -0.281. The molecule has 1 aliphatic carbocycles. The highest BCUT2D eigenvalue weighted by molar-refractivity contribution is 6.28. The molecule has 3 aromatic rings. The molecular weight excluding hydrogens is 340 g/mol. The van der Waals surface area contributed by atoms with Crippen molar-refractivity contribution in [2.24, 2.45) is 0 Å². The average Bonchev–Trinajstić information content (AvgIpc) is 2.71. The summed E-state index contributed by atoms with van der Waals surface area (Å²) in [7, 11) is 0. The summed E-state index contributed by atoms with van der Waals surface area (Å²) < 4.78 is 1.90. The maximum absolute atomic E-state index is 12.8. The normalized spacial score (nSPS) is 13.7. The number of ketones is 2. The molecule has 27 heavy (non-hydrogen) atoms. The lowest BCUT2D eigenvalue weighted by atomic mass is 9.84. The van der Waals surface area contributed by atoms with Crippen LogP contribution < -0.4 is 9.88 Å². The van der Waals surface area contributed by atoms with Crippen LogP contribution in [0.25, 0.3) is 0 Å².